The summed E-state index contributed by atoms with van der Waals surface area (Å²) in [5.74, 6) is 0.367. The van der Waals surface area contributed by atoms with Crippen LogP contribution in [0.15, 0.2) is 29.9 Å². The van der Waals surface area contributed by atoms with Gasteiger partial charge in [0.15, 0.2) is 5.13 Å². The van der Waals surface area contributed by atoms with Crippen LogP contribution in [-0.2, 0) is 4.79 Å². The first-order valence-electron chi connectivity index (χ1n) is 7.59. The van der Waals surface area contributed by atoms with E-state index in [1.54, 1.807) is 23.8 Å². The van der Waals surface area contributed by atoms with Gasteiger partial charge in [-0.05, 0) is 25.0 Å². The number of pyridine rings is 1. The smallest absolute Gasteiger partial charge is 0.325 e. The lowest BCUT2D eigenvalue weighted by Crippen LogP contribution is -2.41. The van der Waals surface area contributed by atoms with E-state index in [2.05, 4.69) is 20.6 Å². The molecule has 4 N–H and O–H groups in total. The predicted octanol–water partition coefficient (Wildman–Crippen LogP) is 1.88. The zero-order valence-corrected chi connectivity index (χ0v) is 13.8. The summed E-state index contributed by atoms with van der Waals surface area (Å²) in [6.45, 7) is 1.42. The molecule has 8 nitrogen and oxygen atoms in total. The van der Waals surface area contributed by atoms with Crippen molar-refractivity contribution in [3.8, 4) is 0 Å². The second kappa shape index (κ2) is 7.26. The minimum absolute atomic E-state index is 0.137. The van der Waals surface area contributed by atoms with Gasteiger partial charge in [-0.25, -0.2) is 14.8 Å². The van der Waals surface area contributed by atoms with Crippen molar-refractivity contribution < 1.29 is 9.59 Å². The van der Waals surface area contributed by atoms with Gasteiger partial charge in [-0.2, -0.15) is 0 Å². The maximum absolute atomic E-state index is 11.8. The molecule has 0 radical (unpaired) electrons. The fourth-order valence-corrected chi connectivity index (χ4v) is 3.13. The molecule has 9 heteroatoms. The molecule has 126 valence electrons. The molecule has 0 saturated carbocycles. The summed E-state index contributed by atoms with van der Waals surface area (Å²) >= 11 is 1.34. The minimum atomic E-state index is -0.369. The Morgan fingerprint density at radius 2 is 2.17 bits per heavy atom. The van der Waals surface area contributed by atoms with Gasteiger partial charge in [-0.1, -0.05) is 0 Å². The predicted molar refractivity (Wildman–Crippen MR) is 93.1 cm³/mol. The molecule has 3 rings (SSSR count). The normalized spacial score (nSPS) is 17.3. The average molecular weight is 346 g/mol. The highest BCUT2D eigenvalue weighted by Gasteiger charge is 2.24. The molecule has 2 aromatic heterocycles. The first kappa shape index (κ1) is 16.2. The highest BCUT2D eigenvalue weighted by molar-refractivity contribution is 7.13. The van der Waals surface area contributed by atoms with Crippen LogP contribution >= 0.6 is 11.3 Å². The number of rotatable bonds is 4. The number of piperidine rings is 1. The van der Waals surface area contributed by atoms with Gasteiger partial charge in [0.2, 0.25) is 5.91 Å². The van der Waals surface area contributed by atoms with Crippen molar-refractivity contribution in [2.75, 3.05) is 28.6 Å². The first-order chi connectivity index (χ1) is 11.6. The lowest BCUT2D eigenvalue weighted by molar-refractivity contribution is -0.122. The van der Waals surface area contributed by atoms with E-state index >= 15 is 0 Å². The molecule has 3 amide bonds. The molecule has 1 saturated heterocycles. The standard InChI is InChI=1S/C15H18N6O2S/c16-13(22)10-2-1-6-21(9-10)12-4-3-11(8-18-12)19-14(23)20-15-17-5-7-24-15/h3-5,7-8,10H,1-2,6,9H2,(H2,16,22)(H2,17,19,20,23)/t10-/m1/s1. The van der Waals surface area contributed by atoms with Crippen LogP contribution in [0.5, 0.6) is 0 Å². The van der Waals surface area contributed by atoms with Crippen molar-refractivity contribution >= 4 is 39.9 Å². The molecular formula is C15H18N6O2S. The Labute approximate surface area is 143 Å². The number of amides is 3. The number of hydrogen-bond acceptors (Lipinski definition) is 6. The first-order valence-corrected chi connectivity index (χ1v) is 8.47. The van der Waals surface area contributed by atoms with Crippen molar-refractivity contribution in [1.29, 1.82) is 0 Å². The summed E-state index contributed by atoms with van der Waals surface area (Å²) in [7, 11) is 0. The topological polar surface area (TPSA) is 113 Å². The molecule has 24 heavy (non-hydrogen) atoms. The lowest BCUT2D eigenvalue weighted by atomic mass is 9.97. The molecule has 1 aliphatic heterocycles. The number of nitrogens with one attached hydrogen (secondary N) is 2. The van der Waals surface area contributed by atoms with E-state index in [1.807, 2.05) is 11.0 Å². The third-order valence-electron chi connectivity index (χ3n) is 3.81. The number of primary amides is 1. The summed E-state index contributed by atoms with van der Waals surface area (Å²) in [5.41, 5.74) is 5.98. The molecule has 1 aliphatic rings. The molecular weight excluding hydrogens is 328 g/mol. The summed E-state index contributed by atoms with van der Waals surface area (Å²) < 4.78 is 0. The Hall–Kier alpha value is -2.68. The summed E-state index contributed by atoms with van der Waals surface area (Å²) in [4.78, 5) is 33.6. The number of thiazole rings is 1. The van der Waals surface area contributed by atoms with Crippen LogP contribution in [0.3, 0.4) is 0 Å². The molecule has 0 spiro atoms. The largest absolute Gasteiger partial charge is 0.369 e. The minimum Gasteiger partial charge on any atom is -0.369 e. The zero-order chi connectivity index (χ0) is 16.9. The molecule has 0 bridgehead atoms. The van der Waals surface area contributed by atoms with Crippen molar-refractivity contribution in [2.45, 2.75) is 12.8 Å². The number of urea groups is 1. The number of carbonyl (C=O) groups excluding carboxylic acids is 2. The van der Waals surface area contributed by atoms with E-state index in [0.29, 0.717) is 17.4 Å². The van der Waals surface area contributed by atoms with Crippen molar-refractivity contribution in [3.05, 3.63) is 29.9 Å². The van der Waals surface area contributed by atoms with Crippen molar-refractivity contribution in [2.24, 2.45) is 11.7 Å². The highest BCUT2D eigenvalue weighted by Crippen LogP contribution is 2.22. The van der Waals surface area contributed by atoms with E-state index in [9.17, 15) is 9.59 Å². The molecule has 0 aliphatic carbocycles. The molecule has 1 atom stereocenters. The van der Waals surface area contributed by atoms with Gasteiger partial charge in [0.1, 0.15) is 5.82 Å². The third-order valence-corrected chi connectivity index (χ3v) is 4.49. The van der Waals surface area contributed by atoms with Gasteiger partial charge < -0.3 is 16.0 Å². The van der Waals surface area contributed by atoms with Crippen molar-refractivity contribution in [3.63, 3.8) is 0 Å². The number of nitrogens with zero attached hydrogens (tertiary/aromatic N) is 3. The quantitative estimate of drug-likeness (QED) is 0.782. The Morgan fingerprint density at radius 1 is 1.29 bits per heavy atom. The maximum Gasteiger partial charge on any atom is 0.325 e. The number of carbonyl (C=O) groups is 2. The Kier molecular flexibility index (Phi) is 4.90. The molecule has 0 aromatic carbocycles. The van der Waals surface area contributed by atoms with Crippen LogP contribution in [0.1, 0.15) is 12.8 Å². The summed E-state index contributed by atoms with van der Waals surface area (Å²) in [6, 6.07) is 3.23. The van der Waals surface area contributed by atoms with Gasteiger partial charge in [-0.3, -0.25) is 10.1 Å². The second-order valence-corrected chi connectivity index (χ2v) is 6.40. The van der Waals surface area contributed by atoms with Gasteiger partial charge in [0.25, 0.3) is 0 Å². The summed E-state index contributed by atoms with van der Waals surface area (Å²) in [6.07, 6.45) is 4.94. The van der Waals surface area contributed by atoms with E-state index < -0.39 is 0 Å². The van der Waals surface area contributed by atoms with Crippen molar-refractivity contribution in [1.82, 2.24) is 9.97 Å². The lowest BCUT2D eigenvalue weighted by Gasteiger charge is -2.32. The fourth-order valence-electron chi connectivity index (χ4n) is 2.61. The van der Waals surface area contributed by atoms with Gasteiger partial charge in [0, 0.05) is 24.7 Å². The van der Waals surface area contributed by atoms with Crippen LogP contribution in [0.4, 0.5) is 21.4 Å². The van der Waals surface area contributed by atoms with E-state index in [4.69, 9.17) is 5.73 Å². The Balaban J connectivity index is 1.58. The third kappa shape index (κ3) is 3.99. The van der Waals surface area contributed by atoms with Crippen LogP contribution < -0.4 is 21.3 Å². The van der Waals surface area contributed by atoms with Gasteiger partial charge >= 0.3 is 6.03 Å². The van der Waals surface area contributed by atoms with Gasteiger partial charge in [0.05, 0.1) is 17.8 Å². The van der Waals surface area contributed by atoms with Crippen LogP contribution in [0.2, 0.25) is 0 Å². The summed E-state index contributed by atoms with van der Waals surface area (Å²) in [5, 5.41) is 7.65. The number of aromatic nitrogens is 2. The average Bonchev–Trinajstić information content (AvgIpc) is 3.08. The highest BCUT2D eigenvalue weighted by atomic mass is 32.1. The van der Waals surface area contributed by atoms with Gasteiger partial charge in [-0.15, -0.1) is 11.3 Å². The number of nitrogens with two attached hydrogens (primary N) is 1. The number of anilines is 3. The fraction of sp³-hybridized carbons (Fsp3) is 0.333. The van der Waals surface area contributed by atoms with Crippen LogP contribution in [-0.4, -0.2) is 35.0 Å². The number of hydrogen-bond donors (Lipinski definition) is 3. The van der Waals surface area contributed by atoms with E-state index in [1.165, 1.54) is 11.3 Å². The Morgan fingerprint density at radius 3 is 2.83 bits per heavy atom. The second-order valence-electron chi connectivity index (χ2n) is 5.51. The molecule has 3 heterocycles. The molecule has 1 fully saturated rings. The maximum atomic E-state index is 11.8. The Bertz CT molecular complexity index is 703. The zero-order valence-electron chi connectivity index (χ0n) is 12.9. The monoisotopic (exact) mass is 346 g/mol. The van der Waals surface area contributed by atoms with Crippen LogP contribution in [0, 0.1) is 5.92 Å². The molecule has 0 unspecified atom stereocenters. The SMILES string of the molecule is NC(=O)[C@@H]1CCCN(c2ccc(NC(=O)Nc3nccs3)cn2)C1. The molecule has 2 aromatic rings. The van der Waals surface area contributed by atoms with Crippen LogP contribution in [0.25, 0.3) is 0 Å². The van der Waals surface area contributed by atoms with E-state index in [0.717, 1.165) is 25.2 Å². The van der Waals surface area contributed by atoms with E-state index in [-0.39, 0.29) is 17.9 Å².